The van der Waals surface area contributed by atoms with Gasteiger partial charge in [-0.15, -0.1) is 0 Å². The van der Waals surface area contributed by atoms with Gasteiger partial charge in [-0.05, 0) is 19.8 Å². The van der Waals surface area contributed by atoms with E-state index in [1.807, 2.05) is 37.3 Å². The molecular formula is C17H22N2O2. The van der Waals surface area contributed by atoms with Crippen LogP contribution < -0.4 is 0 Å². The third kappa shape index (κ3) is 2.60. The van der Waals surface area contributed by atoms with Gasteiger partial charge < -0.3 is 5.11 Å². The molecule has 1 aromatic rings. The smallest absolute Gasteiger partial charge is 0.248 e. The number of hydrazone groups is 1. The van der Waals surface area contributed by atoms with Crippen molar-refractivity contribution >= 4 is 11.6 Å². The van der Waals surface area contributed by atoms with Crippen LogP contribution in [0.15, 0.2) is 35.4 Å². The van der Waals surface area contributed by atoms with Crippen molar-refractivity contribution in [2.45, 2.75) is 51.2 Å². The predicted octanol–water partition coefficient (Wildman–Crippen LogP) is 3.02. The van der Waals surface area contributed by atoms with Gasteiger partial charge in [0.2, 0.25) is 5.91 Å². The van der Waals surface area contributed by atoms with Crippen LogP contribution in [-0.4, -0.2) is 21.7 Å². The van der Waals surface area contributed by atoms with Crippen LogP contribution in [0.5, 0.6) is 0 Å². The molecule has 1 fully saturated rings. The van der Waals surface area contributed by atoms with E-state index in [-0.39, 0.29) is 11.8 Å². The summed E-state index contributed by atoms with van der Waals surface area (Å²) >= 11 is 0. The second-order valence-corrected chi connectivity index (χ2v) is 6.18. The van der Waals surface area contributed by atoms with Crippen LogP contribution in [0.2, 0.25) is 0 Å². The first-order valence-electron chi connectivity index (χ1n) is 7.77. The standard InChI is InChI=1S/C17H22N2O2/c1-13-12-17(21,15-10-6-3-7-11-15)19(18-13)16(20)14-8-4-2-5-9-14/h3,6-7,10-11,14,21H,2,4-5,8-9,12H2,1H3/t17-/m0/s1. The van der Waals surface area contributed by atoms with Crippen LogP contribution in [0, 0.1) is 5.92 Å². The van der Waals surface area contributed by atoms with Gasteiger partial charge in [-0.2, -0.15) is 10.1 Å². The molecule has 1 heterocycles. The fraction of sp³-hybridized carbons (Fsp3) is 0.529. The van der Waals surface area contributed by atoms with Crippen molar-refractivity contribution in [2.75, 3.05) is 0 Å². The number of aliphatic hydroxyl groups is 1. The molecular weight excluding hydrogens is 264 g/mol. The minimum absolute atomic E-state index is 0.00337. The number of amides is 1. The molecule has 112 valence electrons. The zero-order chi connectivity index (χ0) is 14.9. The Morgan fingerprint density at radius 3 is 2.57 bits per heavy atom. The fourth-order valence-corrected chi connectivity index (χ4v) is 3.40. The minimum atomic E-state index is -1.32. The van der Waals surface area contributed by atoms with Crippen molar-refractivity contribution in [2.24, 2.45) is 11.0 Å². The molecule has 1 aromatic carbocycles. The largest absolute Gasteiger partial charge is 0.365 e. The average molecular weight is 286 g/mol. The number of rotatable bonds is 2. The van der Waals surface area contributed by atoms with Gasteiger partial charge in [-0.3, -0.25) is 4.79 Å². The molecule has 4 heteroatoms. The van der Waals surface area contributed by atoms with Gasteiger partial charge in [0.25, 0.3) is 0 Å². The van der Waals surface area contributed by atoms with Gasteiger partial charge >= 0.3 is 0 Å². The highest BCUT2D eigenvalue weighted by Crippen LogP contribution is 2.38. The summed E-state index contributed by atoms with van der Waals surface area (Å²) in [7, 11) is 0. The number of carbonyl (C=O) groups excluding carboxylic acids is 1. The molecule has 4 nitrogen and oxygen atoms in total. The maximum atomic E-state index is 12.8. The third-order valence-electron chi connectivity index (χ3n) is 4.52. The molecule has 0 bridgehead atoms. The predicted molar refractivity (Wildman–Crippen MR) is 81.5 cm³/mol. The van der Waals surface area contributed by atoms with Crippen LogP contribution in [0.25, 0.3) is 0 Å². The lowest BCUT2D eigenvalue weighted by Crippen LogP contribution is -2.46. The van der Waals surface area contributed by atoms with Crippen molar-refractivity contribution in [3.05, 3.63) is 35.9 Å². The van der Waals surface area contributed by atoms with Crippen molar-refractivity contribution in [1.29, 1.82) is 0 Å². The highest BCUT2D eigenvalue weighted by atomic mass is 16.3. The lowest BCUT2D eigenvalue weighted by atomic mass is 9.87. The monoisotopic (exact) mass is 286 g/mol. The highest BCUT2D eigenvalue weighted by molar-refractivity contribution is 5.89. The Hall–Kier alpha value is -1.68. The Balaban J connectivity index is 1.89. The molecule has 0 spiro atoms. The van der Waals surface area contributed by atoms with E-state index in [9.17, 15) is 9.90 Å². The number of benzene rings is 1. The van der Waals surface area contributed by atoms with E-state index in [1.165, 1.54) is 11.4 Å². The Bertz CT molecular complexity index is 549. The first-order chi connectivity index (χ1) is 10.1. The van der Waals surface area contributed by atoms with E-state index in [0.717, 1.165) is 37.0 Å². The number of hydrogen-bond donors (Lipinski definition) is 1. The van der Waals surface area contributed by atoms with Crippen LogP contribution in [0.3, 0.4) is 0 Å². The van der Waals surface area contributed by atoms with E-state index in [4.69, 9.17) is 0 Å². The van der Waals surface area contributed by atoms with Crippen LogP contribution in [0.1, 0.15) is 51.0 Å². The van der Waals surface area contributed by atoms with Crippen molar-refractivity contribution < 1.29 is 9.90 Å². The number of carbonyl (C=O) groups is 1. The van der Waals surface area contributed by atoms with Crippen LogP contribution >= 0.6 is 0 Å². The van der Waals surface area contributed by atoms with Crippen LogP contribution in [-0.2, 0) is 10.5 Å². The normalized spacial score (nSPS) is 26.8. The molecule has 1 amide bonds. The summed E-state index contributed by atoms with van der Waals surface area (Å²) in [5.74, 6) is -0.0264. The lowest BCUT2D eigenvalue weighted by molar-refractivity contribution is -0.163. The summed E-state index contributed by atoms with van der Waals surface area (Å²) in [5.41, 5.74) is 0.208. The fourth-order valence-electron chi connectivity index (χ4n) is 3.40. The maximum absolute atomic E-state index is 12.8. The molecule has 1 aliphatic heterocycles. The molecule has 0 radical (unpaired) electrons. The summed E-state index contributed by atoms with van der Waals surface area (Å²) in [4.78, 5) is 12.8. The molecule has 0 unspecified atom stereocenters. The molecule has 1 saturated carbocycles. The average Bonchev–Trinajstić information content (AvgIpc) is 2.84. The van der Waals surface area contributed by atoms with Gasteiger partial charge in [-0.1, -0.05) is 49.6 Å². The van der Waals surface area contributed by atoms with E-state index >= 15 is 0 Å². The van der Waals surface area contributed by atoms with E-state index in [0.29, 0.717) is 6.42 Å². The van der Waals surface area contributed by atoms with Crippen molar-refractivity contribution in [1.82, 2.24) is 5.01 Å². The van der Waals surface area contributed by atoms with Gasteiger partial charge in [0.05, 0.1) is 0 Å². The van der Waals surface area contributed by atoms with Crippen LogP contribution in [0.4, 0.5) is 0 Å². The Labute approximate surface area is 125 Å². The molecule has 0 saturated heterocycles. The molecule has 1 N–H and O–H groups in total. The quantitative estimate of drug-likeness (QED) is 0.908. The zero-order valence-electron chi connectivity index (χ0n) is 12.5. The second-order valence-electron chi connectivity index (χ2n) is 6.18. The van der Waals surface area contributed by atoms with Gasteiger partial charge in [0, 0.05) is 23.6 Å². The highest BCUT2D eigenvalue weighted by Gasteiger charge is 2.46. The van der Waals surface area contributed by atoms with E-state index in [2.05, 4.69) is 5.10 Å². The zero-order valence-corrected chi connectivity index (χ0v) is 12.5. The lowest BCUT2D eigenvalue weighted by Gasteiger charge is -2.34. The number of hydrogen-bond acceptors (Lipinski definition) is 3. The van der Waals surface area contributed by atoms with Gasteiger partial charge in [0.15, 0.2) is 5.72 Å². The molecule has 1 aliphatic carbocycles. The van der Waals surface area contributed by atoms with E-state index in [1.54, 1.807) is 0 Å². The maximum Gasteiger partial charge on any atom is 0.248 e. The molecule has 21 heavy (non-hydrogen) atoms. The summed E-state index contributed by atoms with van der Waals surface area (Å²) in [5, 5.41) is 16.8. The minimum Gasteiger partial charge on any atom is -0.365 e. The van der Waals surface area contributed by atoms with Gasteiger partial charge in [0.1, 0.15) is 0 Å². The Morgan fingerprint density at radius 2 is 1.90 bits per heavy atom. The molecule has 0 aromatic heterocycles. The van der Waals surface area contributed by atoms with Crippen molar-refractivity contribution in [3.8, 4) is 0 Å². The first kappa shape index (κ1) is 14.3. The Kier molecular flexibility index (Phi) is 3.81. The van der Waals surface area contributed by atoms with E-state index < -0.39 is 5.72 Å². The number of nitrogens with zero attached hydrogens (tertiary/aromatic N) is 2. The second kappa shape index (κ2) is 5.60. The summed E-state index contributed by atoms with van der Waals surface area (Å²) in [6.07, 6.45) is 5.60. The SMILES string of the molecule is CC1=NN(C(=O)C2CCCCC2)[C@@](O)(c2ccccc2)C1. The summed E-state index contributed by atoms with van der Waals surface area (Å²) < 4.78 is 0. The molecule has 2 aliphatic rings. The molecule has 3 rings (SSSR count). The van der Waals surface area contributed by atoms with Gasteiger partial charge in [-0.25, -0.2) is 0 Å². The summed E-state index contributed by atoms with van der Waals surface area (Å²) in [6, 6.07) is 9.38. The summed E-state index contributed by atoms with van der Waals surface area (Å²) in [6.45, 7) is 1.86. The Morgan fingerprint density at radius 1 is 1.24 bits per heavy atom. The molecule has 1 atom stereocenters. The third-order valence-corrected chi connectivity index (χ3v) is 4.52. The first-order valence-corrected chi connectivity index (χ1v) is 7.77. The van der Waals surface area contributed by atoms with Crippen molar-refractivity contribution in [3.63, 3.8) is 0 Å². The topological polar surface area (TPSA) is 52.9 Å².